The summed E-state index contributed by atoms with van der Waals surface area (Å²) in [6, 6.07) is 1.04. The van der Waals surface area contributed by atoms with Gasteiger partial charge in [-0.25, -0.2) is 4.79 Å². The highest BCUT2D eigenvalue weighted by Gasteiger charge is 2.24. The Morgan fingerprint density at radius 3 is 2.44 bits per heavy atom. The molecule has 0 amide bonds. The van der Waals surface area contributed by atoms with Gasteiger partial charge in [0.1, 0.15) is 0 Å². The van der Waals surface area contributed by atoms with E-state index in [1.54, 1.807) is 0 Å². The molecule has 16 heavy (non-hydrogen) atoms. The van der Waals surface area contributed by atoms with Crippen molar-refractivity contribution in [2.45, 2.75) is 64.5 Å². The third-order valence-electron chi connectivity index (χ3n) is 2.95. The summed E-state index contributed by atoms with van der Waals surface area (Å²) in [6.07, 6.45) is 7.37. The Hall–Kier alpha value is -0.573. The molecule has 0 aromatic rings. The predicted octanol–water partition coefficient (Wildman–Crippen LogP) is 3.82. The summed E-state index contributed by atoms with van der Waals surface area (Å²) in [7, 11) is -1.37. The summed E-state index contributed by atoms with van der Waals surface area (Å²) in [6.45, 7) is 10.0. The van der Waals surface area contributed by atoms with E-state index in [0.717, 1.165) is 6.04 Å². The zero-order chi connectivity index (χ0) is 12.4. The Kier molecular flexibility index (Phi) is 9.29. The van der Waals surface area contributed by atoms with E-state index in [4.69, 9.17) is 4.43 Å². The van der Waals surface area contributed by atoms with E-state index in [2.05, 4.69) is 27.4 Å². The van der Waals surface area contributed by atoms with Crippen LogP contribution in [0.15, 0.2) is 12.7 Å². The van der Waals surface area contributed by atoms with Crippen LogP contribution in [-0.4, -0.2) is 15.0 Å². The fourth-order valence-electron chi connectivity index (χ4n) is 2.06. The van der Waals surface area contributed by atoms with Gasteiger partial charge in [0, 0.05) is 6.08 Å². The number of carbonyl (C=O) groups excluding carboxylic acids is 1. The van der Waals surface area contributed by atoms with E-state index >= 15 is 0 Å². The molecule has 0 aromatic heterocycles. The third kappa shape index (κ3) is 6.11. The lowest BCUT2D eigenvalue weighted by atomic mass is 10.1. The predicted molar refractivity (Wildman–Crippen MR) is 72.1 cm³/mol. The average molecular weight is 242 g/mol. The second-order valence-corrected chi connectivity index (χ2v) is 7.35. The Balaban J connectivity index is 4.30. The van der Waals surface area contributed by atoms with Crippen LogP contribution in [0, 0.1) is 0 Å². The van der Waals surface area contributed by atoms with Gasteiger partial charge >= 0.3 is 5.97 Å². The first-order chi connectivity index (χ1) is 7.69. The first-order valence-corrected chi connectivity index (χ1v) is 8.47. The van der Waals surface area contributed by atoms with Gasteiger partial charge in [-0.3, -0.25) is 0 Å². The standard InChI is InChI=1S/C13H26O2Si/c1-5-9-11-12(10-6-2)16(8-4)15-13(14)7-3/h7,12,16H,3,5-6,8-11H2,1-2,4H3. The molecular formula is C13H26O2Si. The molecule has 0 radical (unpaired) electrons. The van der Waals surface area contributed by atoms with Crippen molar-refractivity contribution in [1.29, 1.82) is 0 Å². The van der Waals surface area contributed by atoms with Gasteiger partial charge in [0.15, 0.2) is 0 Å². The highest BCUT2D eigenvalue weighted by molar-refractivity contribution is 6.55. The summed E-state index contributed by atoms with van der Waals surface area (Å²) < 4.78 is 5.54. The number of hydrogen-bond donors (Lipinski definition) is 0. The second-order valence-electron chi connectivity index (χ2n) is 4.28. The fraction of sp³-hybridized carbons (Fsp3) is 0.769. The van der Waals surface area contributed by atoms with E-state index < -0.39 is 9.04 Å². The van der Waals surface area contributed by atoms with E-state index in [0.29, 0.717) is 5.54 Å². The number of carbonyl (C=O) groups is 1. The topological polar surface area (TPSA) is 26.3 Å². The molecule has 2 atom stereocenters. The molecule has 2 unspecified atom stereocenters. The van der Waals surface area contributed by atoms with Crippen LogP contribution in [0.4, 0.5) is 0 Å². The van der Waals surface area contributed by atoms with Crippen LogP contribution in [0.2, 0.25) is 11.6 Å². The molecule has 0 bridgehead atoms. The fourth-order valence-corrected chi connectivity index (χ4v) is 4.80. The van der Waals surface area contributed by atoms with Crippen LogP contribution in [0.3, 0.4) is 0 Å². The van der Waals surface area contributed by atoms with Crippen molar-refractivity contribution in [3.05, 3.63) is 12.7 Å². The number of hydrogen-bond acceptors (Lipinski definition) is 2. The van der Waals surface area contributed by atoms with E-state index in [9.17, 15) is 4.79 Å². The Morgan fingerprint density at radius 1 is 1.31 bits per heavy atom. The SMILES string of the molecule is C=CC(=O)O[SiH](CC)C(CCC)CCCC. The summed E-state index contributed by atoms with van der Waals surface area (Å²) in [5.74, 6) is -0.226. The lowest BCUT2D eigenvalue weighted by Crippen LogP contribution is -2.26. The highest BCUT2D eigenvalue weighted by Crippen LogP contribution is 2.27. The molecule has 0 aromatic carbocycles. The lowest BCUT2D eigenvalue weighted by Gasteiger charge is -2.23. The van der Waals surface area contributed by atoms with E-state index in [-0.39, 0.29) is 5.97 Å². The Morgan fingerprint density at radius 2 is 2.00 bits per heavy atom. The second kappa shape index (κ2) is 9.64. The molecule has 0 aliphatic heterocycles. The first kappa shape index (κ1) is 15.4. The average Bonchev–Trinajstić information content (AvgIpc) is 2.31. The van der Waals surface area contributed by atoms with E-state index in [1.807, 2.05) is 0 Å². The molecule has 2 nitrogen and oxygen atoms in total. The van der Waals surface area contributed by atoms with Crippen molar-refractivity contribution in [3.63, 3.8) is 0 Å². The summed E-state index contributed by atoms with van der Waals surface area (Å²) in [5, 5.41) is 0. The van der Waals surface area contributed by atoms with Crippen molar-refractivity contribution in [3.8, 4) is 0 Å². The smallest absolute Gasteiger partial charge is 0.316 e. The summed E-state index contributed by atoms with van der Waals surface area (Å²) in [5.41, 5.74) is 0.652. The molecule has 0 aliphatic carbocycles. The minimum absolute atomic E-state index is 0.226. The van der Waals surface area contributed by atoms with Gasteiger partial charge in [-0.05, 0) is 18.0 Å². The molecule has 0 heterocycles. The molecule has 0 saturated heterocycles. The van der Waals surface area contributed by atoms with Crippen LogP contribution >= 0.6 is 0 Å². The van der Waals surface area contributed by atoms with Crippen molar-refractivity contribution in [1.82, 2.24) is 0 Å². The zero-order valence-electron chi connectivity index (χ0n) is 11.0. The minimum atomic E-state index is -1.37. The monoisotopic (exact) mass is 242 g/mol. The van der Waals surface area contributed by atoms with Crippen molar-refractivity contribution < 1.29 is 9.22 Å². The van der Waals surface area contributed by atoms with Gasteiger partial charge in [0.05, 0.1) is 0 Å². The molecule has 0 rings (SSSR count). The molecule has 3 heteroatoms. The number of unbranched alkanes of at least 4 members (excludes halogenated alkanes) is 1. The van der Waals surface area contributed by atoms with Crippen LogP contribution < -0.4 is 0 Å². The Bertz CT molecular complexity index is 204. The van der Waals surface area contributed by atoms with Crippen molar-refractivity contribution in [2.75, 3.05) is 0 Å². The van der Waals surface area contributed by atoms with Gasteiger partial charge in [-0.15, -0.1) is 0 Å². The Labute approximate surface area is 102 Å². The lowest BCUT2D eigenvalue weighted by molar-refractivity contribution is -0.129. The van der Waals surface area contributed by atoms with Gasteiger partial charge in [-0.1, -0.05) is 53.0 Å². The van der Waals surface area contributed by atoms with Crippen LogP contribution in [0.1, 0.15) is 52.9 Å². The molecule has 94 valence electrons. The summed E-state index contributed by atoms with van der Waals surface area (Å²) in [4.78, 5) is 11.3. The quantitative estimate of drug-likeness (QED) is 0.454. The van der Waals surface area contributed by atoms with Crippen LogP contribution in [-0.2, 0) is 9.22 Å². The zero-order valence-corrected chi connectivity index (χ0v) is 12.2. The third-order valence-corrected chi connectivity index (χ3v) is 6.01. The molecular weight excluding hydrogens is 216 g/mol. The minimum Gasteiger partial charge on any atom is -0.519 e. The van der Waals surface area contributed by atoms with Gasteiger partial charge in [0.25, 0.3) is 0 Å². The van der Waals surface area contributed by atoms with Gasteiger partial charge < -0.3 is 4.43 Å². The molecule has 0 N–H and O–H groups in total. The molecule has 0 aliphatic rings. The van der Waals surface area contributed by atoms with E-state index in [1.165, 1.54) is 38.2 Å². The highest BCUT2D eigenvalue weighted by atomic mass is 28.3. The maximum atomic E-state index is 11.3. The normalized spacial score (nSPS) is 14.2. The molecule has 0 fully saturated rings. The van der Waals surface area contributed by atoms with Crippen molar-refractivity contribution >= 4 is 15.0 Å². The van der Waals surface area contributed by atoms with Gasteiger partial charge in [0.2, 0.25) is 9.04 Å². The van der Waals surface area contributed by atoms with Crippen molar-refractivity contribution in [2.24, 2.45) is 0 Å². The van der Waals surface area contributed by atoms with Crippen LogP contribution in [0.25, 0.3) is 0 Å². The van der Waals surface area contributed by atoms with Crippen LogP contribution in [0.5, 0.6) is 0 Å². The largest absolute Gasteiger partial charge is 0.519 e. The first-order valence-electron chi connectivity index (χ1n) is 6.52. The number of rotatable bonds is 9. The molecule has 0 spiro atoms. The maximum absolute atomic E-state index is 11.3. The molecule has 0 saturated carbocycles. The maximum Gasteiger partial charge on any atom is 0.316 e. The van der Waals surface area contributed by atoms with Gasteiger partial charge in [-0.2, -0.15) is 0 Å². The summed E-state index contributed by atoms with van der Waals surface area (Å²) >= 11 is 0.